The predicted octanol–water partition coefficient (Wildman–Crippen LogP) is 2.93. The maximum absolute atomic E-state index is 12.8. The van der Waals surface area contributed by atoms with Gasteiger partial charge in [-0.25, -0.2) is 0 Å². The van der Waals surface area contributed by atoms with Crippen LogP contribution in [0.1, 0.15) is 58.4 Å². The number of rotatable bonds is 5. The molecule has 29 heavy (non-hydrogen) atoms. The zero-order chi connectivity index (χ0) is 21.1. The van der Waals surface area contributed by atoms with Gasteiger partial charge in [-0.1, -0.05) is 39.8 Å². The van der Waals surface area contributed by atoms with E-state index >= 15 is 0 Å². The molecule has 1 N–H and O–H groups in total. The minimum Gasteiger partial charge on any atom is -0.353 e. The molecule has 0 saturated carbocycles. The quantitative estimate of drug-likeness (QED) is 0.828. The van der Waals surface area contributed by atoms with Gasteiger partial charge < -0.3 is 15.1 Å². The third-order valence-corrected chi connectivity index (χ3v) is 5.99. The Morgan fingerprint density at radius 3 is 2.41 bits per heavy atom. The topological polar surface area (TPSA) is 69.7 Å². The van der Waals surface area contributed by atoms with Crippen LogP contribution in [0.25, 0.3) is 0 Å². The van der Waals surface area contributed by atoms with Crippen molar-refractivity contribution in [2.75, 3.05) is 24.5 Å². The second-order valence-corrected chi connectivity index (χ2v) is 8.92. The molecule has 0 spiro atoms. The van der Waals surface area contributed by atoms with E-state index in [-0.39, 0.29) is 42.0 Å². The smallest absolute Gasteiger partial charge is 0.227 e. The van der Waals surface area contributed by atoms with Gasteiger partial charge in [-0.15, -0.1) is 0 Å². The summed E-state index contributed by atoms with van der Waals surface area (Å²) in [5, 5.41) is 3.12. The first-order valence-electron chi connectivity index (χ1n) is 10.8. The van der Waals surface area contributed by atoms with Gasteiger partial charge in [-0.05, 0) is 36.5 Å². The van der Waals surface area contributed by atoms with Crippen molar-refractivity contribution < 1.29 is 14.4 Å². The van der Waals surface area contributed by atoms with E-state index in [4.69, 9.17) is 0 Å². The summed E-state index contributed by atoms with van der Waals surface area (Å²) in [5.41, 5.74) is 2.06. The average molecular weight is 400 g/mol. The number of carbonyl (C=O) groups excluding carboxylic acids is 3. The lowest BCUT2D eigenvalue weighted by Crippen LogP contribution is -2.48. The Bertz CT molecular complexity index is 766. The van der Waals surface area contributed by atoms with Crippen molar-refractivity contribution in [3.63, 3.8) is 0 Å². The number of carbonyl (C=O) groups is 3. The largest absolute Gasteiger partial charge is 0.353 e. The molecule has 0 aromatic heterocycles. The molecule has 2 aliphatic heterocycles. The fourth-order valence-corrected chi connectivity index (χ4v) is 4.11. The second-order valence-electron chi connectivity index (χ2n) is 8.92. The first-order valence-corrected chi connectivity index (χ1v) is 10.8. The van der Waals surface area contributed by atoms with Crippen LogP contribution in [0.5, 0.6) is 0 Å². The van der Waals surface area contributed by atoms with Crippen LogP contribution in [0.4, 0.5) is 5.69 Å². The molecule has 1 aromatic carbocycles. The van der Waals surface area contributed by atoms with E-state index in [0.29, 0.717) is 25.6 Å². The van der Waals surface area contributed by atoms with Crippen molar-refractivity contribution in [2.45, 2.75) is 58.9 Å². The van der Waals surface area contributed by atoms with E-state index in [1.165, 1.54) is 5.56 Å². The van der Waals surface area contributed by atoms with Crippen molar-refractivity contribution in [1.29, 1.82) is 0 Å². The van der Waals surface area contributed by atoms with Gasteiger partial charge in [0.25, 0.3) is 0 Å². The summed E-state index contributed by atoms with van der Waals surface area (Å²) >= 11 is 0. The number of likely N-dealkylation sites (tertiary alicyclic amines) is 1. The third kappa shape index (κ3) is 4.98. The second kappa shape index (κ2) is 8.97. The molecule has 2 saturated heterocycles. The van der Waals surface area contributed by atoms with Crippen molar-refractivity contribution in [1.82, 2.24) is 10.2 Å². The number of amides is 3. The number of anilines is 1. The number of hydrogen-bond donors (Lipinski definition) is 1. The molecule has 158 valence electrons. The van der Waals surface area contributed by atoms with Crippen LogP contribution in [-0.2, 0) is 14.4 Å². The highest BCUT2D eigenvalue weighted by Crippen LogP contribution is 2.28. The first-order chi connectivity index (χ1) is 13.8. The Balaban J connectivity index is 1.55. The average Bonchev–Trinajstić information content (AvgIpc) is 3.10. The molecule has 6 heteroatoms. The normalized spacial score (nSPS) is 20.6. The van der Waals surface area contributed by atoms with E-state index in [9.17, 15) is 14.4 Å². The maximum Gasteiger partial charge on any atom is 0.227 e. The first kappa shape index (κ1) is 21.3. The summed E-state index contributed by atoms with van der Waals surface area (Å²) in [7, 11) is 0. The Hall–Kier alpha value is -2.37. The number of piperidine rings is 1. The third-order valence-electron chi connectivity index (χ3n) is 5.99. The summed E-state index contributed by atoms with van der Waals surface area (Å²) < 4.78 is 0. The molecule has 3 rings (SSSR count). The number of nitrogens with one attached hydrogen (secondary N) is 1. The lowest BCUT2D eigenvalue weighted by molar-refractivity contribution is -0.135. The number of hydrogen-bond acceptors (Lipinski definition) is 3. The van der Waals surface area contributed by atoms with E-state index in [1.54, 1.807) is 4.90 Å². The van der Waals surface area contributed by atoms with Crippen molar-refractivity contribution in [2.24, 2.45) is 11.8 Å². The molecule has 3 amide bonds. The maximum atomic E-state index is 12.8. The summed E-state index contributed by atoms with van der Waals surface area (Å²) in [4.78, 5) is 41.0. The molecular weight excluding hydrogens is 366 g/mol. The minimum absolute atomic E-state index is 0.00315. The molecule has 1 unspecified atom stereocenters. The highest BCUT2D eigenvalue weighted by Gasteiger charge is 2.36. The zero-order valence-corrected chi connectivity index (χ0v) is 18.0. The van der Waals surface area contributed by atoms with Gasteiger partial charge in [-0.2, -0.15) is 0 Å². The van der Waals surface area contributed by atoms with Gasteiger partial charge in [0.05, 0.1) is 5.92 Å². The summed E-state index contributed by atoms with van der Waals surface area (Å²) in [6, 6.07) is 8.09. The van der Waals surface area contributed by atoms with Gasteiger partial charge in [0, 0.05) is 43.7 Å². The van der Waals surface area contributed by atoms with Crippen LogP contribution < -0.4 is 10.2 Å². The monoisotopic (exact) mass is 399 g/mol. The molecule has 0 bridgehead atoms. The summed E-state index contributed by atoms with van der Waals surface area (Å²) in [5.74, 6) is 0.208. The highest BCUT2D eigenvalue weighted by molar-refractivity contribution is 6.00. The van der Waals surface area contributed by atoms with Gasteiger partial charge in [0.1, 0.15) is 0 Å². The minimum atomic E-state index is -0.319. The number of benzene rings is 1. The lowest BCUT2D eigenvalue weighted by Gasteiger charge is -2.33. The molecule has 1 atom stereocenters. The Morgan fingerprint density at radius 2 is 1.79 bits per heavy atom. The molecule has 2 aliphatic rings. The fraction of sp³-hybridized carbons (Fsp3) is 0.609. The molecule has 0 radical (unpaired) electrons. The van der Waals surface area contributed by atoms with Crippen LogP contribution in [0.15, 0.2) is 24.3 Å². The van der Waals surface area contributed by atoms with Crippen LogP contribution >= 0.6 is 0 Å². The van der Waals surface area contributed by atoms with Crippen LogP contribution in [0.3, 0.4) is 0 Å². The van der Waals surface area contributed by atoms with Crippen molar-refractivity contribution in [3.05, 3.63) is 29.8 Å². The molecule has 2 heterocycles. The predicted molar refractivity (Wildman–Crippen MR) is 114 cm³/mol. The Kier molecular flexibility index (Phi) is 6.60. The summed E-state index contributed by atoms with van der Waals surface area (Å²) in [6.45, 7) is 9.87. The molecule has 2 fully saturated rings. The van der Waals surface area contributed by atoms with E-state index in [0.717, 1.165) is 18.5 Å². The van der Waals surface area contributed by atoms with E-state index < -0.39 is 0 Å². The standard InChI is InChI=1S/C23H33N3O3/c1-15(2)17-6-5-7-20(12-17)26-14-18(13-21(26)27)22(28)24-19-8-10-25(11-9-19)23(29)16(3)4/h5-7,12,15-16,18-19H,8-11,13-14H2,1-4H3,(H,24,28). The Labute approximate surface area is 173 Å². The van der Waals surface area contributed by atoms with Gasteiger partial charge in [0.2, 0.25) is 17.7 Å². The number of nitrogens with zero attached hydrogens (tertiary/aromatic N) is 2. The molecule has 0 aliphatic carbocycles. The molecule has 6 nitrogen and oxygen atoms in total. The summed E-state index contributed by atoms with van der Waals surface area (Å²) in [6.07, 6.45) is 1.79. The Morgan fingerprint density at radius 1 is 1.10 bits per heavy atom. The van der Waals surface area contributed by atoms with Gasteiger partial charge in [-0.3, -0.25) is 14.4 Å². The highest BCUT2D eigenvalue weighted by atomic mass is 16.2. The zero-order valence-electron chi connectivity index (χ0n) is 18.0. The van der Waals surface area contributed by atoms with Crippen LogP contribution in [0.2, 0.25) is 0 Å². The SMILES string of the molecule is CC(C)C(=O)N1CCC(NC(=O)C2CC(=O)N(c3cccc(C(C)C)c3)C2)CC1. The van der Waals surface area contributed by atoms with Gasteiger partial charge >= 0.3 is 0 Å². The van der Waals surface area contributed by atoms with Crippen molar-refractivity contribution in [3.8, 4) is 0 Å². The van der Waals surface area contributed by atoms with Crippen molar-refractivity contribution >= 4 is 23.4 Å². The van der Waals surface area contributed by atoms with E-state index in [1.807, 2.05) is 36.9 Å². The molecular formula is C23H33N3O3. The van der Waals surface area contributed by atoms with E-state index in [2.05, 4.69) is 25.2 Å². The fourth-order valence-electron chi connectivity index (χ4n) is 4.11. The lowest BCUT2D eigenvalue weighted by atomic mass is 10.0. The van der Waals surface area contributed by atoms with Crippen LogP contribution in [0, 0.1) is 11.8 Å². The molecule has 1 aromatic rings. The van der Waals surface area contributed by atoms with Crippen LogP contribution in [-0.4, -0.2) is 48.3 Å². The van der Waals surface area contributed by atoms with Gasteiger partial charge in [0.15, 0.2) is 0 Å².